The second-order valence-corrected chi connectivity index (χ2v) is 8.79. The Labute approximate surface area is 145 Å². The summed E-state index contributed by atoms with van der Waals surface area (Å²) >= 11 is 0. The molecular formula is C20H25NO2S. The minimum absolute atomic E-state index is 0.364. The van der Waals surface area contributed by atoms with Crippen molar-refractivity contribution in [1.82, 2.24) is 4.90 Å². The van der Waals surface area contributed by atoms with Gasteiger partial charge in [0.05, 0.1) is 4.90 Å². The molecule has 24 heavy (non-hydrogen) atoms. The van der Waals surface area contributed by atoms with Crippen LogP contribution < -0.4 is 0 Å². The number of nitrogens with zero attached hydrogens (tertiary/aromatic N) is 1. The highest BCUT2D eigenvalue weighted by molar-refractivity contribution is 7.90. The van der Waals surface area contributed by atoms with Crippen molar-refractivity contribution in [2.75, 3.05) is 19.3 Å². The van der Waals surface area contributed by atoms with Gasteiger partial charge in [0, 0.05) is 18.8 Å². The van der Waals surface area contributed by atoms with Crippen LogP contribution in [0.4, 0.5) is 0 Å². The lowest BCUT2D eigenvalue weighted by Gasteiger charge is -2.20. The SMILES string of the molecule is CC1CCCN1CCc1ccc(-c2ccc(S(C)(=O)=O)cc2)cc1. The molecule has 1 fully saturated rings. The van der Waals surface area contributed by atoms with E-state index < -0.39 is 9.84 Å². The quantitative estimate of drug-likeness (QED) is 0.829. The highest BCUT2D eigenvalue weighted by Gasteiger charge is 2.19. The third-order valence-corrected chi connectivity index (χ3v) is 6.08. The first-order valence-electron chi connectivity index (χ1n) is 8.57. The Morgan fingerprint density at radius 3 is 2.08 bits per heavy atom. The maximum Gasteiger partial charge on any atom is 0.175 e. The lowest BCUT2D eigenvalue weighted by Crippen LogP contribution is -2.28. The first-order valence-corrected chi connectivity index (χ1v) is 10.5. The van der Waals surface area contributed by atoms with Crippen LogP contribution in [0.15, 0.2) is 53.4 Å². The van der Waals surface area contributed by atoms with E-state index in [0.29, 0.717) is 4.90 Å². The lowest BCUT2D eigenvalue weighted by atomic mass is 10.0. The molecule has 1 heterocycles. The first-order chi connectivity index (χ1) is 11.4. The van der Waals surface area contributed by atoms with Gasteiger partial charge in [-0.15, -0.1) is 0 Å². The van der Waals surface area contributed by atoms with Crippen LogP contribution in [0, 0.1) is 0 Å². The molecule has 1 saturated heterocycles. The monoisotopic (exact) mass is 343 g/mol. The Morgan fingerprint density at radius 2 is 1.58 bits per heavy atom. The predicted octanol–water partition coefficient (Wildman–Crippen LogP) is 3.78. The normalized spacial score (nSPS) is 18.8. The summed E-state index contributed by atoms with van der Waals surface area (Å²) in [6, 6.07) is 16.4. The summed E-state index contributed by atoms with van der Waals surface area (Å²) in [7, 11) is -3.13. The van der Waals surface area contributed by atoms with E-state index in [1.54, 1.807) is 12.1 Å². The topological polar surface area (TPSA) is 37.4 Å². The number of likely N-dealkylation sites (tertiary alicyclic amines) is 1. The van der Waals surface area contributed by atoms with Crippen LogP contribution in [0.2, 0.25) is 0 Å². The molecule has 0 saturated carbocycles. The molecule has 1 unspecified atom stereocenters. The van der Waals surface area contributed by atoms with Crippen molar-refractivity contribution < 1.29 is 8.42 Å². The number of benzene rings is 2. The Balaban J connectivity index is 1.65. The van der Waals surface area contributed by atoms with Gasteiger partial charge in [-0.3, -0.25) is 0 Å². The molecule has 0 bridgehead atoms. The van der Waals surface area contributed by atoms with Crippen molar-refractivity contribution in [3.8, 4) is 11.1 Å². The fraction of sp³-hybridized carbons (Fsp3) is 0.400. The summed E-state index contributed by atoms with van der Waals surface area (Å²) in [4.78, 5) is 2.93. The average Bonchev–Trinajstić information content (AvgIpc) is 2.98. The smallest absolute Gasteiger partial charge is 0.175 e. The molecule has 0 radical (unpaired) electrons. The summed E-state index contributed by atoms with van der Waals surface area (Å²) in [5.74, 6) is 0. The van der Waals surface area contributed by atoms with E-state index in [2.05, 4.69) is 36.1 Å². The molecular weight excluding hydrogens is 318 g/mol. The van der Waals surface area contributed by atoms with Crippen LogP contribution in [0.3, 0.4) is 0 Å². The van der Waals surface area contributed by atoms with Crippen molar-refractivity contribution >= 4 is 9.84 Å². The Bertz CT molecular complexity index is 779. The molecule has 0 aliphatic carbocycles. The fourth-order valence-electron chi connectivity index (χ4n) is 3.36. The molecule has 0 N–H and O–H groups in total. The minimum Gasteiger partial charge on any atom is -0.300 e. The second kappa shape index (κ2) is 7.08. The minimum atomic E-state index is -3.13. The van der Waals surface area contributed by atoms with E-state index in [9.17, 15) is 8.42 Å². The van der Waals surface area contributed by atoms with E-state index in [4.69, 9.17) is 0 Å². The molecule has 3 rings (SSSR count). The summed E-state index contributed by atoms with van der Waals surface area (Å²) in [5, 5.41) is 0. The molecule has 1 aliphatic heterocycles. The Morgan fingerprint density at radius 1 is 1.00 bits per heavy atom. The van der Waals surface area contributed by atoms with Gasteiger partial charge in [0.2, 0.25) is 0 Å². The molecule has 0 amide bonds. The summed E-state index contributed by atoms with van der Waals surface area (Å²) in [6.07, 6.45) is 4.96. The highest BCUT2D eigenvalue weighted by atomic mass is 32.2. The fourth-order valence-corrected chi connectivity index (χ4v) is 3.99. The Kier molecular flexibility index (Phi) is 5.07. The van der Waals surface area contributed by atoms with Gasteiger partial charge in [-0.05, 0) is 61.6 Å². The third-order valence-electron chi connectivity index (χ3n) is 4.95. The van der Waals surface area contributed by atoms with Crippen molar-refractivity contribution in [1.29, 1.82) is 0 Å². The maximum atomic E-state index is 11.5. The van der Waals surface area contributed by atoms with Gasteiger partial charge in [0.25, 0.3) is 0 Å². The van der Waals surface area contributed by atoms with Gasteiger partial charge in [0.1, 0.15) is 0 Å². The number of hydrogen-bond acceptors (Lipinski definition) is 3. The molecule has 1 aliphatic rings. The molecule has 4 heteroatoms. The van der Waals surface area contributed by atoms with Gasteiger partial charge >= 0.3 is 0 Å². The summed E-state index contributed by atoms with van der Waals surface area (Å²) in [5.41, 5.74) is 3.51. The number of hydrogen-bond donors (Lipinski definition) is 0. The van der Waals surface area contributed by atoms with Gasteiger partial charge in [0.15, 0.2) is 9.84 Å². The zero-order valence-corrected chi connectivity index (χ0v) is 15.2. The van der Waals surface area contributed by atoms with Crippen molar-refractivity contribution in [2.45, 2.75) is 37.1 Å². The zero-order chi connectivity index (χ0) is 17.2. The standard InChI is InChI=1S/C20H25NO2S/c1-16-4-3-14-21(16)15-13-17-5-7-18(8-6-17)19-9-11-20(12-10-19)24(2,22)23/h5-12,16H,3-4,13-15H2,1-2H3. The van der Waals surface area contributed by atoms with Crippen molar-refractivity contribution in [3.63, 3.8) is 0 Å². The van der Waals surface area contributed by atoms with E-state index in [-0.39, 0.29) is 0 Å². The molecule has 0 spiro atoms. The van der Waals surface area contributed by atoms with Crippen molar-refractivity contribution in [3.05, 3.63) is 54.1 Å². The molecule has 0 aromatic heterocycles. The van der Waals surface area contributed by atoms with Gasteiger partial charge in [-0.1, -0.05) is 36.4 Å². The maximum absolute atomic E-state index is 11.5. The van der Waals surface area contributed by atoms with Crippen molar-refractivity contribution in [2.24, 2.45) is 0 Å². The van der Waals surface area contributed by atoms with Gasteiger partial charge in [-0.2, -0.15) is 0 Å². The predicted molar refractivity (Wildman–Crippen MR) is 99.0 cm³/mol. The molecule has 2 aromatic rings. The van der Waals surface area contributed by atoms with Crippen LogP contribution in [0.1, 0.15) is 25.3 Å². The van der Waals surface area contributed by atoms with E-state index in [1.807, 2.05) is 12.1 Å². The largest absolute Gasteiger partial charge is 0.300 e. The zero-order valence-electron chi connectivity index (χ0n) is 14.4. The Hall–Kier alpha value is -1.65. The van der Waals surface area contributed by atoms with E-state index in [1.165, 1.54) is 31.2 Å². The first kappa shape index (κ1) is 17.2. The number of rotatable bonds is 5. The van der Waals surface area contributed by atoms with Crippen LogP contribution in [-0.4, -0.2) is 38.7 Å². The second-order valence-electron chi connectivity index (χ2n) is 6.77. The lowest BCUT2D eigenvalue weighted by molar-refractivity contribution is 0.272. The van der Waals surface area contributed by atoms with Gasteiger partial charge in [-0.25, -0.2) is 8.42 Å². The van der Waals surface area contributed by atoms with Gasteiger partial charge < -0.3 is 4.90 Å². The van der Waals surface area contributed by atoms with E-state index in [0.717, 1.165) is 30.1 Å². The van der Waals surface area contributed by atoms with Crippen LogP contribution in [-0.2, 0) is 16.3 Å². The molecule has 2 aromatic carbocycles. The summed E-state index contributed by atoms with van der Waals surface area (Å²) in [6.45, 7) is 4.67. The van der Waals surface area contributed by atoms with E-state index >= 15 is 0 Å². The molecule has 1 atom stereocenters. The highest BCUT2D eigenvalue weighted by Crippen LogP contribution is 2.22. The molecule has 3 nitrogen and oxygen atoms in total. The van der Waals surface area contributed by atoms with Crippen LogP contribution in [0.5, 0.6) is 0 Å². The number of sulfone groups is 1. The van der Waals surface area contributed by atoms with Crippen LogP contribution >= 0.6 is 0 Å². The summed E-state index contributed by atoms with van der Waals surface area (Å²) < 4.78 is 23.1. The average molecular weight is 343 g/mol. The third kappa shape index (κ3) is 4.05. The van der Waals surface area contributed by atoms with Crippen LogP contribution in [0.25, 0.3) is 11.1 Å². The molecule has 128 valence electrons.